The van der Waals surface area contributed by atoms with Crippen molar-refractivity contribution in [1.82, 2.24) is 15.1 Å². The average Bonchev–Trinajstić information content (AvgIpc) is 3.51. The van der Waals surface area contributed by atoms with E-state index in [1.54, 1.807) is 12.1 Å². The molecule has 3 atom stereocenters. The number of nitrogens with zero attached hydrogens (tertiary/aromatic N) is 2. The van der Waals surface area contributed by atoms with Crippen molar-refractivity contribution in [2.45, 2.75) is 96.5 Å². The largest absolute Gasteiger partial charge is 0.467 e. The summed E-state index contributed by atoms with van der Waals surface area (Å²) in [5.41, 5.74) is 0.761. The fraction of sp³-hybridized carbons (Fsp3) is 0.655. The Morgan fingerprint density at radius 1 is 1.10 bits per heavy atom. The van der Waals surface area contributed by atoms with Crippen molar-refractivity contribution < 1.29 is 33.0 Å². The summed E-state index contributed by atoms with van der Waals surface area (Å²) in [7, 11) is 1.26. The normalized spacial score (nSPS) is 22.3. The monoisotopic (exact) mass is 545 g/mol. The van der Waals surface area contributed by atoms with E-state index in [4.69, 9.17) is 9.47 Å². The predicted molar refractivity (Wildman–Crippen MR) is 141 cm³/mol. The van der Waals surface area contributed by atoms with E-state index in [0.29, 0.717) is 5.56 Å². The summed E-state index contributed by atoms with van der Waals surface area (Å²) in [5, 5.41) is 2.95. The molecule has 10 heteroatoms. The molecule has 3 aliphatic rings. The summed E-state index contributed by atoms with van der Waals surface area (Å²) < 4.78 is 24.9. The highest BCUT2D eigenvalue weighted by Crippen LogP contribution is 2.36. The predicted octanol–water partition coefficient (Wildman–Crippen LogP) is 3.92. The minimum absolute atomic E-state index is 0.0313. The number of fused-ring (bicyclic) bond motifs is 1. The Hall–Kier alpha value is -3.17. The van der Waals surface area contributed by atoms with Crippen LogP contribution >= 0.6 is 0 Å². The van der Waals surface area contributed by atoms with Gasteiger partial charge in [-0.1, -0.05) is 31.4 Å². The maximum absolute atomic E-state index is 14.2. The molecule has 4 rings (SSSR count). The Kier molecular flexibility index (Phi) is 8.81. The summed E-state index contributed by atoms with van der Waals surface area (Å²) >= 11 is 0. The van der Waals surface area contributed by atoms with Gasteiger partial charge in [-0.25, -0.2) is 14.0 Å². The number of likely N-dealkylation sites (tertiary alicyclic amines) is 1. The molecule has 0 aromatic heterocycles. The lowest BCUT2D eigenvalue weighted by Gasteiger charge is -2.34. The molecule has 1 aromatic carbocycles. The van der Waals surface area contributed by atoms with Crippen LogP contribution in [0.4, 0.5) is 9.18 Å². The highest BCUT2D eigenvalue weighted by molar-refractivity contribution is 5.90. The Morgan fingerprint density at radius 3 is 2.46 bits per heavy atom. The molecule has 1 saturated heterocycles. The van der Waals surface area contributed by atoms with Crippen molar-refractivity contribution in [3.05, 3.63) is 35.1 Å². The number of benzene rings is 1. The van der Waals surface area contributed by atoms with E-state index in [2.05, 4.69) is 5.32 Å². The van der Waals surface area contributed by atoms with Crippen LogP contribution in [0.25, 0.3) is 0 Å². The van der Waals surface area contributed by atoms with Crippen molar-refractivity contribution in [2.75, 3.05) is 13.7 Å². The summed E-state index contributed by atoms with van der Waals surface area (Å²) in [5.74, 6) is -1.98. The van der Waals surface area contributed by atoms with E-state index >= 15 is 0 Å². The number of hydrogen-bond donors (Lipinski definition) is 1. The molecule has 0 spiro atoms. The quantitative estimate of drug-likeness (QED) is 0.544. The van der Waals surface area contributed by atoms with Gasteiger partial charge in [0.15, 0.2) is 0 Å². The van der Waals surface area contributed by atoms with Crippen LogP contribution in [0.5, 0.6) is 0 Å². The number of esters is 1. The summed E-state index contributed by atoms with van der Waals surface area (Å²) in [6.45, 7) is 6.04. The molecule has 214 valence electrons. The van der Waals surface area contributed by atoms with Crippen LogP contribution in [0.15, 0.2) is 18.2 Å². The van der Waals surface area contributed by atoms with Gasteiger partial charge >= 0.3 is 12.1 Å². The first-order valence-electron chi connectivity index (χ1n) is 13.9. The minimum Gasteiger partial charge on any atom is -0.467 e. The molecule has 1 N–H and O–H groups in total. The molecular formula is C29H40FN3O6. The van der Waals surface area contributed by atoms with Crippen molar-refractivity contribution in [1.29, 1.82) is 0 Å². The maximum Gasteiger partial charge on any atom is 0.410 e. The molecule has 1 saturated carbocycles. The van der Waals surface area contributed by atoms with E-state index in [0.717, 1.165) is 37.7 Å². The Labute approximate surface area is 229 Å². The molecule has 39 heavy (non-hydrogen) atoms. The SMILES string of the molecule is COC(=O)[C@@H]1CC(OC(=O)N2Cc3cccc(F)c3C2)CN1C(=O)C(CC(=O)NC(C)(C)C)C1CCCCC1. The van der Waals surface area contributed by atoms with E-state index in [-0.39, 0.29) is 56.0 Å². The van der Waals surface area contributed by atoms with Crippen LogP contribution < -0.4 is 5.32 Å². The lowest BCUT2D eigenvalue weighted by Crippen LogP contribution is -2.48. The number of methoxy groups -OCH3 is 1. The molecule has 3 amide bonds. The first-order valence-corrected chi connectivity index (χ1v) is 13.9. The van der Waals surface area contributed by atoms with Gasteiger partial charge in [0.1, 0.15) is 18.0 Å². The number of hydrogen-bond acceptors (Lipinski definition) is 6. The molecule has 1 aliphatic carbocycles. The highest BCUT2D eigenvalue weighted by atomic mass is 19.1. The number of carbonyl (C=O) groups is 4. The third-order valence-corrected chi connectivity index (χ3v) is 7.93. The average molecular weight is 546 g/mol. The van der Waals surface area contributed by atoms with E-state index in [1.165, 1.54) is 23.0 Å². The third-order valence-electron chi connectivity index (χ3n) is 7.93. The van der Waals surface area contributed by atoms with Gasteiger partial charge < -0.3 is 19.7 Å². The summed E-state index contributed by atoms with van der Waals surface area (Å²) in [6.07, 6.45) is 3.57. The van der Waals surface area contributed by atoms with Gasteiger partial charge in [0.2, 0.25) is 11.8 Å². The molecule has 2 unspecified atom stereocenters. The van der Waals surface area contributed by atoms with Crippen LogP contribution in [-0.2, 0) is 36.9 Å². The standard InChI is InChI=1S/C29H40FN3O6/c1-29(2,3)31-25(34)14-21(18-9-6-5-7-10-18)26(35)33-16-20(13-24(33)27(36)38-4)39-28(37)32-15-19-11-8-12-23(30)22(19)17-32/h8,11-12,18,20-21,24H,5-7,9-10,13-17H2,1-4H3,(H,31,34)/t20?,21?,24-/m0/s1. The number of nitrogens with one attached hydrogen (secondary N) is 1. The van der Waals surface area contributed by atoms with Crippen molar-refractivity contribution in [2.24, 2.45) is 11.8 Å². The van der Waals surface area contributed by atoms with Gasteiger partial charge in [-0.3, -0.25) is 14.5 Å². The molecule has 0 bridgehead atoms. The van der Waals surface area contributed by atoms with E-state index < -0.39 is 35.7 Å². The molecule has 1 aromatic rings. The maximum atomic E-state index is 14.2. The second-order valence-corrected chi connectivity index (χ2v) is 12.0. The van der Waals surface area contributed by atoms with Gasteiger partial charge in [-0.2, -0.15) is 0 Å². The number of halogens is 1. The zero-order valence-corrected chi connectivity index (χ0v) is 23.3. The summed E-state index contributed by atoms with van der Waals surface area (Å²) in [6, 6.07) is 3.83. The Balaban J connectivity index is 1.48. The zero-order chi connectivity index (χ0) is 28.3. The van der Waals surface area contributed by atoms with Crippen LogP contribution in [0.1, 0.15) is 76.8 Å². The van der Waals surface area contributed by atoms with E-state index in [1.807, 2.05) is 20.8 Å². The molecular weight excluding hydrogens is 505 g/mol. The Bertz CT molecular complexity index is 1100. The number of amides is 3. The molecule has 2 heterocycles. The topological polar surface area (TPSA) is 105 Å². The zero-order valence-electron chi connectivity index (χ0n) is 23.3. The lowest BCUT2D eigenvalue weighted by atomic mass is 9.77. The molecule has 0 radical (unpaired) electrons. The van der Waals surface area contributed by atoms with Crippen molar-refractivity contribution in [3.63, 3.8) is 0 Å². The first-order chi connectivity index (χ1) is 18.5. The lowest BCUT2D eigenvalue weighted by molar-refractivity contribution is -0.153. The number of rotatable bonds is 6. The number of ether oxygens (including phenoxy) is 2. The molecule has 2 fully saturated rings. The van der Waals surface area contributed by atoms with Crippen LogP contribution in [0.3, 0.4) is 0 Å². The van der Waals surface area contributed by atoms with Crippen LogP contribution in [0.2, 0.25) is 0 Å². The van der Waals surface area contributed by atoms with E-state index in [9.17, 15) is 23.6 Å². The van der Waals surface area contributed by atoms with Gasteiger partial charge in [0.25, 0.3) is 0 Å². The fourth-order valence-electron chi connectivity index (χ4n) is 6.09. The first kappa shape index (κ1) is 28.8. The Morgan fingerprint density at radius 2 is 1.82 bits per heavy atom. The second kappa shape index (κ2) is 11.9. The third kappa shape index (κ3) is 6.89. The van der Waals surface area contributed by atoms with Gasteiger partial charge in [0.05, 0.1) is 20.2 Å². The van der Waals surface area contributed by atoms with Crippen LogP contribution in [-0.4, -0.2) is 65.0 Å². The highest BCUT2D eigenvalue weighted by Gasteiger charge is 2.46. The molecule has 9 nitrogen and oxygen atoms in total. The van der Waals surface area contributed by atoms with Gasteiger partial charge in [-0.05, 0) is 51.2 Å². The van der Waals surface area contributed by atoms with Crippen LogP contribution in [0, 0.1) is 17.7 Å². The van der Waals surface area contributed by atoms with Gasteiger partial charge in [-0.15, -0.1) is 0 Å². The van der Waals surface area contributed by atoms with Gasteiger partial charge in [0, 0.05) is 36.4 Å². The fourth-order valence-corrected chi connectivity index (χ4v) is 6.09. The second-order valence-electron chi connectivity index (χ2n) is 12.0. The summed E-state index contributed by atoms with van der Waals surface area (Å²) in [4.78, 5) is 55.4. The van der Waals surface area contributed by atoms with Crippen molar-refractivity contribution in [3.8, 4) is 0 Å². The number of carbonyl (C=O) groups excluding carboxylic acids is 4. The van der Waals surface area contributed by atoms with Crippen molar-refractivity contribution >= 4 is 23.9 Å². The minimum atomic E-state index is -0.912. The molecule has 2 aliphatic heterocycles. The smallest absolute Gasteiger partial charge is 0.410 e.